The molecular formula is C19H21FN6. The fourth-order valence-corrected chi connectivity index (χ4v) is 3.24. The average Bonchev–Trinajstić information content (AvgIpc) is 3.08. The molecule has 1 unspecified atom stereocenters. The number of piperidine rings is 1. The number of allylic oxidation sites excluding steroid dienone is 1. The number of rotatable bonds is 5. The van der Waals surface area contributed by atoms with Gasteiger partial charge in [-0.2, -0.15) is 0 Å². The van der Waals surface area contributed by atoms with Crippen LogP contribution in [0.4, 0.5) is 10.2 Å². The molecule has 0 amide bonds. The summed E-state index contributed by atoms with van der Waals surface area (Å²) in [4.78, 5) is 13.0. The second kappa shape index (κ2) is 7.21. The summed E-state index contributed by atoms with van der Waals surface area (Å²) in [5, 5.41) is 6.51. The lowest BCUT2D eigenvalue weighted by Crippen LogP contribution is -2.38. The molecule has 3 aromatic heterocycles. The van der Waals surface area contributed by atoms with Crippen LogP contribution < -0.4 is 10.6 Å². The highest BCUT2D eigenvalue weighted by molar-refractivity contribution is 5.59. The number of anilines is 1. The molecule has 26 heavy (non-hydrogen) atoms. The van der Waals surface area contributed by atoms with Crippen LogP contribution in [0.5, 0.6) is 0 Å². The van der Waals surface area contributed by atoms with E-state index >= 15 is 0 Å². The van der Waals surface area contributed by atoms with Gasteiger partial charge >= 0.3 is 0 Å². The number of aromatic nitrogens is 4. The number of imidazole rings is 1. The third-order valence-electron chi connectivity index (χ3n) is 4.56. The molecular weight excluding hydrogens is 331 g/mol. The van der Waals surface area contributed by atoms with Crippen LogP contribution in [0.3, 0.4) is 0 Å². The zero-order valence-corrected chi connectivity index (χ0v) is 14.5. The molecule has 3 aromatic rings. The lowest BCUT2D eigenvalue weighted by Gasteiger charge is -2.24. The monoisotopic (exact) mass is 352 g/mol. The fourth-order valence-electron chi connectivity index (χ4n) is 3.24. The Morgan fingerprint density at radius 2 is 2.27 bits per heavy atom. The molecule has 0 bridgehead atoms. The molecule has 2 N–H and O–H groups in total. The molecule has 1 fully saturated rings. The van der Waals surface area contributed by atoms with Crippen LogP contribution in [0, 0.1) is 5.82 Å². The minimum Gasteiger partial charge on any atom is -0.364 e. The summed E-state index contributed by atoms with van der Waals surface area (Å²) in [5.41, 5.74) is 2.64. The molecule has 0 saturated carbocycles. The predicted molar refractivity (Wildman–Crippen MR) is 99.6 cm³/mol. The Hall–Kier alpha value is -2.80. The highest BCUT2D eigenvalue weighted by Crippen LogP contribution is 2.22. The van der Waals surface area contributed by atoms with Crippen molar-refractivity contribution in [2.45, 2.75) is 25.3 Å². The van der Waals surface area contributed by atoms with Crippen LogP contribution in [0.1, 0.15) is 18.4 Å². The summed E-state index contributed by atoms with van der Waals surface area (Å²) < 4.78 is 16.1. The van der Waals surface area contributed by atoms with Gasteiger partial charge in [-0.15, -0.1) is 6.58 Å². The van der Waals surface area contributed by atoms with Crippen molar-refractivity contribution >= 4 is 11.5 Å². The zero-order chi connectivity index (χ0) is 17.9. The van der Waals surface area contributed by atoms with Gasteiger partial charge in [0.1, 0.15) is 11.3 Å². The summed E-state index contributed by atoms with van der Waals surface area (Å²) >= 11 is 0. The van der Waals surface area contributed by atoms with E-state index in [0.29, 0.717) is 5.82 Å². The summed E-state index contributed by atoms with van der Waals surface area (Å²) in [6.45, 7) is 5.59. The van der Waals surface area contributed by atoms with Gasteiger partial charge in [-0.05, 0) is 37.4 Å². The first-order chi connectivity index (χ1) is 12.7. The molecule has 0 aliphatic carbocycles. The van der Waals surface area contributed by atoms with E-state index in [4.69, 9.17) is 0 Å². The highest BCUT2D eigenvalue weighted by atomic mass is 19.1. The lowest BCUT2D eigenvalue weighted by molar-refractivity contribution is 0.476. The fraction of sp³-hybridized carbons (Fsp3) is 0.316. The second-order valence-corrected chi connectivity index (χ2v) is 6.48. The van der Waals surface area contributed by atoms with Crippen molar-refractivity contribution in [2.75, 3.05) is 18.4 Å². The number of hydrogen-bond acceptors (Lipinski definition) is 5. The Morgan fingerprint density at radius 1 is 1.35 bits per heavy atom. The molecule has 6 nitrogen and oxygen atoms in total. The van der Waals surface area contributed by atoms with Gasteiger partial charge in [-0.1, -0.05) is 12.1 Å². The second-order valence-electron chi connectivity index (χ2n) is 6.48. The standard InChI is InChI=1S/C19H21FN6/c1-2-4-13-6-7-17-22-11-16(26(17)12-13)19-23-10-15(20)18(25-19)24-14-5-3-8-21-9-14/h2,6-7,10-12,14,21H,1,3-5,8-9H2,(H,23,24,25). The van der Waals surface area contributed by atoms with Crippen molar-refractivity contribution in [3.05, 3.63) is 54.8 Å². The normalized spacial score (nSPS) is 17.3. The number of fused-ring (bicyclic) bond motifs is 1. The third kappa shape index (κ3) is 3.30. The van der Waals surface area contributed by atoms with E-state index in [-0.39, 0.29) is 11.9 Å². The molecule has 4 heterocycles. The number of halogens is 1. The van der Waals surface area contributed by atoms with Crippen LogP contribution >= 0.6 is 0 Å². The number of nitrogens with one attached hydrogen (secondary N) is 2. The lowest BCUT2D eigenvalue weighted by atomic mass is 10.1. The molecule has 134 valence electrons. The highest BCUT2D eigenvalue weighted by Gasteiger charge is 2.17. The van der Waals surface area contributed by atoms with Crippen LogP contribution in [-0.4, -0.2) is 38.5 Å². The van der Waals surface area contributed by atoms with Gasteiger partial charge in [0, 0.05) is 18.8 Å². The van der Waals surface area contributed by atoms with Gasteiger partial charge in [0.2, 0.25) is 0 Å². The van der Waals surface area contributed by atoms with E-state index in [1.54, 1.807) is 6.20 Å². The molecule has 1 aliphatic heterocycles. The maximum atomic E-state index is 14.2. The number of pyridine rings is 1. The predicted octanol–water partition coefficient (Wildman–Crippen LogP) is 2.82. The van der Waals surface area contributed by atoms with E-state index in [1.165, 1.54) is 6.20 Å². The van der Waals surface area contributed by atoms with Crippen molar-refractivity contribution < 1.29 is 4.39 Å². The van der Waals surface area contributed by atoms with Gasteiger partial charge in [0.05, 0.1) is 12.4 Å². The van der Waals surface area contributed by atoms with Crippen molar-refractivity contribution in [3.63, 3.8) is 0 Å². The summed E-state index contributed by atoms with van der Waals surface area (Å²) in [6.07, 6.45) is 9.60. The maximum Gasteiger partial charge on any atom is 0.183 e. The summed E-state index contributed by atoms with van der Waals surface area (Å²) in [5.74, 6) is 0.238. The Balaban J connectivity index is 1.69. The van der Waals surface area contributed by atoms with Crippen LogP contribution in [0.25, 0.3) is 17.2 Å². The number of nitrogens with zero attached hydrogens (tertiary/aromatic N) is 4. The first kappa shape index (κ1) is 16.7. The van der Waals surface area contributed by atoms with Crippen molar-refractivity contribution in [2.24, 2.45) is 0 Å². The van der Waals surface area contributed by atoms with E-state index in [0.717, 1.165) is 49.3 Å². The van der Waals surface area contributed by atoms with Gasteiger partial charge < -0.3 is 10.6 Å². The maximum absolute atomic E-state index is 14.2. The largest absolute Gasteiger partial charge is 0.364 e. The SMILES string of the molecule is C=CCc1ccc2ncc(-c3ncc(F)c(NC4CCCNC4)n3)n2c1. The van der Waals surface area contributed by atoms with Crippen LogP contribution in [0.2, 0.25) is 0 Å². The average molecular weight is 352 g/mol. The van der Waals surface area contributed by atoms with Crippen molar-refractivity contribution in [1.82, 2.24) is 24.7 Å². The minimum absolute atomic E-state index is 0.169. The van der Waals surface area contributed by atoms with E-state index in [1.807, 2.05) is 28.8 Å². The Morgan fingerprint density at radius 3 is 3.08 bits per heavy atom. The Labute approximate surface area is 151 Å². The first-order valence-electron chi connectivity index (χ1n) is 8.81. The van der Waals surface area contributed by atoms with E-state index in [9.17, 15) is 4.39 Å². The molecule has 0 aromatic carbocycles. The zero-order valence-electron chi connectivity index (χ0n) is 14.5. The summed E-state index contributed by atoms with van der Waals surface area (Å²) in [6, 6.07) is 4.13. The quantitative estimate of drug-likeness (QED) is 0.691. The van der Waals surface area contributed by atoms with Crippen molar-refractivity contribution in [3.8, 4) is 11.5 Å². The summed E-state index contributed by atoms with van der Waals surface area (Å²) in [7, 11) is 0. The molecule has 4 rings (SSSR count). The Kier molecular flexibility index (Phi) is 4.62. The number of hydrogen-bond donors (Lipinski definition) is 2. The van der Waals surface area contributed by atoms with E-state index < -0.39 is 5.82 Å². The Bertz CT molecular complexity index is 929. The van der Waals surface area contributed by atoms with Crippen LogP contribution in [0.15, 0.2) is 43.4 Å². The smallest absolute Gasteiger partial charge is 0.183 e. The molecule has 0 radical (unpaired) electrons. The van der Waals surface area contributed by atoms with Gasteiger partial charge in [0.15, 0.2) is 17.5 Å². The van der Waals surface area contributed by atoms with Crippen molar-refractivity contribution in [1.29, 1.82) is 0 Å². The van der Waals surface area contributed by atoms with Gasteiger partial charge in [-0.3, -0.25) is 4.40 Å². The molecule has 1 saturated heterocycles. The molecule has 0 spiro atoms. The molecule has 7 heteroatoms. The topological polar surface area (TPSA) is 67.1 Å². The minimum atomic E-state index is -0.444. The first-order valence-corrected chi connectivity index (χ1v) is 8.81. The van der Waals surface area contributed by atoms with E-state index in [2.05, 4.69) is 32.2 Å². The van der Waals surface area contributed by atoms with Gasteiger partial charge in [0.25, 0.3) is 0 Å². The van der Waals surface area contributed by atoms with Gasteiger partial charge in [-0.25, -0.2) is 19.3 Å². The van der Waals surface area contributed by atoms with Crippen LogP contribution in [-0.2, 0) is 6.42 Å². The third-order valence-corrected chi connectivity index (χ3v) is 4.56. The molecule has 1 atom stereocenters. The molecule has 1 aliphatic rings.